The summed E-state index contributed by atoms with van der Waals surface area (Å²) in [5.74, 6) is -4.12. The summed E-state index contributed by atoms with van der Waals surface area (Å²) < 4.78 is 23.3. The van der Waals surface area contributed by atoms with Crippen molar-refractivity contribution in [2.45, 2.75) is 293 Å². The van der Waals surface area contributed by atoms with Crippen molar-refractivity contribution in [2.75, 3.05) is 6.61 Å². The van der Waals surface area contributed by atoms with Crippen LogP contribution in [0.3, 0.4) is 0 Å². The van der Waals surface area contributed by atoms with Gasteiger partial charge in [0.15, 0.2) is 30.1 Å². The van der Waals surface area contributed by atoms with Gasteiger partial charge in [0.25, 0.3) is 0 Å². The number of aliphatic hydroxyl groups excluding tert-OH is 6. The first-order valence-corrected chi connectivity index (χ1v) is 34.9. The quantitative estimate of drug-likeness (QED) is 0.103. The SMILES string of the molecule is C.CC1(C)C(OC[C@H]2OC(C(=O)O)[C@@H](O)[C@@H](O)C2O[C@@H]2OC(C(=O)O)[C@@H](O)[C@@H](O)C2O)CC[C@@]2(C)C1CC[C@]1(C)C2C(=O)C=C2C3C[C@@](C)(C(=O)O)CC[C@]3(C)CCC21C.CC1(C)C2CC[C@]3(C)C(C(=O)C=C4C5C[C@@](C)(C(=O)O)CC[C@]5(C)CCC43C)[C@@]2(C)CC[C@@H]1O. The van der Waals surface area contributed by atoms with Crippen molar-refractivity contribution in [1.29, 1.82) is 0 Å². The van der Waals surface area contributed by atoms with E-state index in [1.165, 1.54) is 5.57 Å². The van der Waals surface area contributed by atoms with Gasteiger partial charge in [0, 0.05) is 11.8 Å². The molecule has 0 amide bonds. The molecular formula is C74H114O20. The fourth-order valence-electron chi connectivity index (χ4n) is 24.0. The van der Waals surface area contributed by atoms with E-state index in [1.54, 1.807) is 0 Å². The zero-order chi connectivity index (χ0) is 68.7. The molecular weight excluding hydrogens is 1210 g/mol. The van der Waals surface area contributed by atoms with Gasteiger partial charge < -0.3 is 70.0 Å². The Labute approximate surface area is 555 Å². The smallest absolute Gasteiger partial charge is 0.335 e. The second kappa shape index (κ2) is 23.7. The van der Waals surface area contributed by atoms with Gasteiger partial charge in [0.05, 0.1) is 29.6 Å². The Morgan fingerprint density at radius 1 is 0.489 bits per heavy atom. The summed E-state index contributed by atoms with van der Waals surface area (Å²) in [6.45, 7) is 30.6. The van der Waals surface area contributed by atoms with Crippen molar-refractivity contribution in [1.82, 2.24) is 0 Å². The van der Waals surface area contributed by atoms with Crippen LogP contribution in [0.4, 0.5) is 0 Å². The van der Waals surface area contributed by atoms with E-state index >= 15 is 0 Å². The largest absolute Gasteiger partial charge is 0.481 e. The lowest BCUT2D eigenvalue weighted by molar-refractivity contribution is -0.337. The van der Waals surface area contributed by atoms with E-state index in [0.717, 1.165) is 89.0 Å². The molecule has 2 aliphatic heterocycles. The summed E-state index contributed by atoms with van der Waals surface area (Å²) in [6.07, 6.45) is -0.845. The molecule has 0 spiro atoms. The van der Waals surface area contributed by atoms with E-state index in [2.05, 4.69) is 83.1 Å². The molecule has 0 aromatic rings. The number of carboxylic acids is 4. The minimum absolute atomic E-state index is 0. The molecule has 2 saturated heterocycles. The van der Waals surface area contributed by atoms with Crippen LogP contribution in [0.1, 0.15) is 220 Å². The number of carbonyl (C=O) groups is 6. The Balaban J connectivity index is 0.000000233. The summed E-state index contributed by atoms with van der Waals surface area (Å²) >= 11 is 0. The minimum atomic E-state index is -2.02. The maximum Gasteiger partial charge on any atom is 0.335 e. The van der Waals surface area contributed by atoms with Crippen LogP contribution in [0.2, 0.25) is 0 Å². The normalized spacial score (nSPS) is 52.1. The monoisotopic (exact) mass is 1320 g/mol. The van der Waals surface area contributed by atoms with Crippen LogP contribution in [0, 0.1) is 100 Å². The van der Waals surface area contributed by atoms with Crippen molar-refractivity contribution in [2.24, 2.45) is 100 Å². The number of rotatable bonds is 9. The van der Waals surface area contributed by atoms with Gasteiger partial charge in [-0.05, 0) is 219 Å². The van der Waals surface area contributed by atoms with E-state index in [-0.39, 0.29) is 105 Å². The van der Waals surface area contributed by atoms with Gasteiger partial charge in [0.1, 0.15) is 42.7 Å². The molecule has 12 aliphatic rings. The minimum Gasteiger partial charge on any atom is -0.481 e. The van der Waals surface area contributed by atoms with Crippen molar-refractivity contribution in [3.05, 3.63) is 23.3 Å². The average molecular weight is 1320 g/mol. The fraction of sp³-hybridized carbons (Fsp3) is 0.865. The lowest BCUT2D eigenvalue weighted by atomic mass is 9.33. The van der Waals surface area contributed by atoms with E-state index in [4.69, 9.17) is 18.9 Å². The van der Waals surface area contributed by atoms with Gasteiger partial charge in [-0.2, -0.15) is 0 Å². The third kappa shape index (κ3) is 10.5. The van der Waals surface area contributed by atoms with Crippen molar-refractivity contribution in [3.8, 4) is 0 Å². The molecule has 94 heavy (non-hydrogen) atoms. The Morgan fingerprint density at radius 2 is 0.904 bits per heavy atom. The lowest BCUT2D eigenvalue weighted by Crippen LogP contribution is -2.67. The number of carbonyl (C=O) groups excluding carboxylic acids is 2. The van der Waals surface area contributed by atoms with Crippen LogP contribution >= 0.6 is 0 Å². The first-order chi connectivity index (χ1) is 42.8. The zero-order valence-electron chi connectivity index (χ0n) is 57.5. The Kier molecular flexibility index (Phi) is 18.4. The molecule has 20 nitrogen and oxygen atoms in total. The molecule has 10 aliphatic carbocycles. The molecule has 0 bridgehead atoms. The van der Waals surface area contributed by atoms with Gasteiger partial charge >= 0.3 is 23.9 Å². The third-order valence-electron chi connectivity index (χ3n) is 30.6. The molecule has 0 radical (unpaired) electrons. The Bertz CT molecular complexity index is 3100. The maximum absolute atomic E-state index is 14.8. The Hall–Kier alpha value is -3.70. The molecule has 13 unspecified atom stereocenters. The summed E-state index contributed by atoms with van der Waals surface area (Å²) in [7, 11) is 0. The van der Waals surface area contributed by atoms with Gasteiger partial charge in [0.2, 0.25) is 0 Å². The topological polar surface area (TPSA) is 342 Å². The van der Waals surface area contributed by atoms with E-state index in [0.29, 0.717) is 38.0 Å². The predicted molar refractivity (Wildman–Crippen MR) is 344 cm³/mol. The van der Waals surface area contributed by atoms with Crippen LogP contribution in [0.15, 0.2) is 23.3 Å². The number of hydrogen-bond donors (Lipinski definition) is 10. The van der Waals surface area contributed by atoms with Crippen LogP contribution in [0.5, 0.6) is 0 Å². The third-order valence-corrected chi connectivity index (χ3v) is 30.6. The number of carboxylic acid groups (broad SMARTS) is 4. The number of hydrogen-bond acceptors (Lipinski definition) is 16. The molecule has 2 heterocycles. The molecule has 28 atom stereocenters. The first-order valence-electron chi connectivity index (χ1n) is 34.9. The van der Waals surface area contributed by atoms with Crippen LogP contribution in [-0.2, 0) is 47.7 Å². The standard InChI is InChI=1S/C43H64O16.C30H46O4.CH4/c1-38(2)23-8-11-43(7)33(21(44)16-19-20-17-40(4,37(54)55)13-12-39(20,3)14-15-42(19,43)6)41(23,5)10-9-24(38)56-18-22-30(27(47)28(48)31(57-22)34(50)51)58-36-29(49)25(45)26(46)32(59-36)35(52)53;1-25(2)21-8-11-30(7)23(28(21,5)10-9-22(25)32)20(31)16-18-19-17-27(4,24(33)34)13-12-26(19,3)14-15-29(18,30)6;/h16,20,22-33,36,45-49H,8-15,17-18H2,1-7H3,(H,50,51)(H,52,53)(H,54,55);16,19,21-23,32H,8-15,17H2,1-7H3,(H,33,34);1H4/t20?,22-,23?,24?,25-,26+,27-,28+,29?,30?,31?,32?,33?,36-,39-,40+,41+,42?,43-;19?,21?,22-,23?,26+,27-,28-,29?,30+;/m10./s1. The molecule has 8 saturated carbocycles. The summed E-state index contributed by atoms with van der Waals surface area (Å²) in [5, 5.41) is 104. The predicted octanol–water partition coefficient (Wildman–Crippen LogP) is 9.34. The van der Waals surface area contributed by atoms with Crippen LogP contribution in [0.25, 0.3) is 0 Å². The van der Waals surface area contributed by atoms with Crippen molar-refractivity contribution >= 4 is 35.4 Å². The van der Waals surface area contributed by atoms with E-state index < -0.39 is 113 Å². The molecule has 10 fully saturated rings. The van der Waals surface area contributed by atoms with Gasteiger partial charge in [-0.1, -0.05) is 102 Å². The zero-order valence-corrected chi connectivity index (χ0v) is 57.5. The van der Waals surface area contributed by atoms with Crippen LogP contribution in [-0.4, -0.2) is 167 Å². The Morgan fingerprint density at radius 3 is 1.35 bits per heavy atom. The highest BCUT2D eigenvalue weighted by molar-refractivity contribution is 5.96. The van der Waals surface area contributed by atoms with Crippen molar-refractivity contribution in [3.63, 3.8) is 0 Å². The van der Waals surface area contributed by atoms with Gasteiger partial charge in [-0.25, -0.2) is 9.59 Å². The molecule has 10 N–H and O–H groups in total. The molecule has 0 aromatic carbocycles. The summed E-state index contributed by atoms with van der Waals surface area (Å²) in [4.78, 5) is 77.6. The van der Waals surface area contributed by atoms with Crippen molar-refractivity contribution < 1.29 is 98.8 Å². The van der Waals surface area contributed by atoms with Gasteiger partial charge in [-0.15, -0.1) is 0 Å². The number of ketones is 2. The highest BCUT2D eigenvalue weighted by atomic mass is 16.7. The lowest BCUT2D eigenvalue weighted by Gasteiger charge is -2.70. The highest BCUT2D eigenvalue weighted by Crippen LogP contribution is 2.78. The fourth-order valence-corrected chi connectivity index (χ4v) is 24.0. The number of ether oxygens (including phenoxy) is 4. The highest BCUT2D eigenvalue weighted by Gasteiger charge is 2.73. The second-order valence-corrected chi connectivity index (χ2v) is 35.9. The first kappa shape index (κ1) is 73.0. The molecule has 530 valence electrons. The average Bonchev–Trinajstić information content (AvgIpc) is 0.679. The van der Waals surface area contributed by atoms with E-state index in [1.807, 2.05) is 26.0 Å². The van der Waals surface area contributed by atoms with E-state index in [9.17, 15) is 79.8 Å². The van der Waals surface area contributed by atoms with Crippen LogP contribution < -0.4 is 0 Å². The molecule has 20 heteroatoms. The second-order valence-electron chi connectivity index (χ2n) is 35.9. The maximum atomic E-state index is 14.8. The number of aliphatic carboxylic acids is 4. The van der Waals surface area contributed by atoms with Gasteiger partial charge in [-0.3, -0.25) is 19.2 Å². The molecule has 12 rings (SSSR count). The summed E-state index contributed by atoms with van der Waals surface area (Å²) in [5.41, 5.74) is -1.28. The molecule has 0 aromatic heterocycles. The number of fused-ring (bicyclic) bond motifs is 14. The number of allylic oxidation sites excluding steroid dienone is 4. The summed E-state index contributed by atoms with van der Waals surface area (Å²) in [6, 6.07) is 0. The number of aliphatic hydroxyl groups is 6.